The lowest BCUT2D eigenvalue weighted by atomic mass is 9.95. The van der Waals surface area contributed by atoms with Gasteiger partial charge in [0.05, 0.1) is 18.6 Å². The van der Waals surface area contributed by atoms with Crippen molar-refractivity contribution in [2.75, 3.05) is 20.7 Å². The lowest BCUT2D eigenvalue weighted by Crippen LogP contribution is -2.43. The van der Waals surface area contributed by atoms with Crippen molar-refractivity contribution in [3.05, 3.63) is 24.3 Å². The Morgan fingerprint density at radius 1 is 1.22 bits per heavy atom. The van der Waals surface area contributed by atoms with Crippen molar-refractivity contribution in [3.8, 4) is 5.75 Å². The van der Waals surface area contributed by atoms with Crippen molar-refractivity contribution >= 4 is 15.9 Å². The third-order valence-electron chi connectivity index (χ3n) is 4.10. The zero-order valence-corrected chi connectivity index (χ0v) is 14.4. The summed E-state index contributed by atoms with van der Waals surface area (Å²) in [5, 5.41) is 2.93. The molecule has 1 aliphatic carbocycles. The van der Waals surface area contributed by atoms with Crippen LogP contribution < -0.4 is 10.1 Å². The molecule has 1 amide bonds. The van der Waals surface area contributed by atoms with Gasteiger partial charge in [-0.15, -0.1) is 0 Å². The number of hydrogen-bond donors (Lipinski definition) is 1. The molecule has 1 fully saturated rings. The Hall–Kier alpha value is -1.60. The fourth-order valence-corrected chi connectivity index (χ4v) is 3.86. The van der Waals surface area contributed by atoms with E-state index < -0.39 is 10.0 Å². The Labute approximate surface area is 137 Å². The molecule has 128 valence electrons. The highest BCUT2D eigenvalue weighted by Gasteiger charge is 2.24. The van der Waals surface area contributed by atoms with Gasteiger partial charge in [-0.05, 0) is 37.1 Å². The normalized spacial score (nSPS) is 16.3. The number of sulfonamides is 1. The molecule has 0 heterocycles. The molecule has 23 heavy (non-hydrogen) atoms. The van der Waals surface area contributed by atoms with E-state index in [2.05, 4.69) is 5.32 Å². The molecule has 6 nitrogen and oxygen atoms in total. The molecule has 1 N–H and O–H groups in total. The minimum absolute atomic E-state index is 0.145. The molecule has 1 aliphatic rings. The summed E-state index contributed by atoms with van der Waals surface area (Å²) in [5.41, 5.74) is 0. The van der Waals surface area contributed by atoms with Gasteiger partial charge in [0.1, 0.15) is 5.75 Å². The summed E-state index contributed by atoms with van der Waals surface area (Å²) in [5.74, 6) is 0.332. The number of likely N-dealkylation sites (N-methyl/N-ethyl adjacent to an activating group) is 1. The van der Waals surface area contributed by atoms with Gasteiger partial charge < -0.3 is 10.1 Å². The third-order valence-corrected chi connectivity index (χ3v) is 5.92. The van der Waals surface area contributed by atoms with Gasteiger partial charge >= 0.3 is 0 Å². The molecule has 1 aromatic rings. The quantitative estimate of drug-likeness (QED) is 0.856. The predicted octanol–water partition coefficient (Wildman–Crippen LogP) is 1.76. The van der Waals surface area contributed by atoms with Crippen molar-refractivity contribution in [2.24, 2.45) is 0 Å². The average molecular weight is 340 g/mol. The molecule has 0 unspecified atom stereocenters. The highest BCUT2D eigenvalue weighted by molar-refractivity contribution is 7.89. The maximum absolute atomic E-state index is 12.5. The standard InChI is InChI=1S/C16H24N2O4S/c1-18(12-16(19)17-13-6-4-3-5-7-13)23(20,21)15-10-8-14(22-2)9-11-15/h8-11,13H,3-7,12H2,1-2H3,(H,17,19). The fourth-order valence-electron chi connectivity index (χ4n) is 2.74. The van der Waals surface area contributed by atoms with E-state index in [1.54, 1.807) is 12.1 Å². The molecule has 0 aliphatic heterocycles. The number of methoxy groups -OCH3 is 1. The molecule has 0 bridgehead atoms. The zero-order chi connectivity index (χ0) is 16.9. The SMILES string of the molecule is COc1ccc(S(=O)(=O)N(C)CC(=O)NC2CCCCC2)cc1. The van der Waals surface area contributed by atoms with Crippen LogP contribution in [0.3, 0.4) is 0 Å². The second kappa shape index (κ2) is 7.79. The molecule has 1 aromatic carbocycles. The third kappa shape index (κ3) is 4.68. The van der Waals surface area contributed by atoms with E-state index in [0.717, 1.165) is 30.0 Å². The Bertz CT molecular complexity index is 622. The van der Waals surface area contributed by atoms with E-state index in [1.807, 2.05) is 0 Å². The highest BCUT2D eigenvalue weighted by atomic mass is 32.2. The van der Waals surface area contributed by atoms with E-state index in [0.29, 0.717) is 5.75 Å². The van der Waals surface area contributed by atoms with Gasteiger partial charge in [-0.2, -0.15) is 4.31 Å². The number of rotatable bonds is 6. The van der Waals surface area contributed by atoms with Crippen molar-refractivity contribution in [2.45, 2.75) is 43.0 Å². The molecular weight excluding hydrogens is 316 g/mol. The Kier molecular flexibility index (Phi) is 6.01. The van der Waals surface area contributed by atoms with Gasteiger partial charge in [-0.1, -0.05) is 19.3 Å². The second-order valence-corrected chi connectivity index (χ2v) is 7.88. The predicted molar refractivity (Wildman–Crippen MR) is 87.8 cm³/mol. The molecule has 2 rings (SSSR count). The Morgan fingerprint density at radius 2 is 1.83 bits per heavy atom. The number of ether oxygens (including phenoxy) is 1. The van der Waals surface area contributed by atoms with Gasteiger partial charge in [-0.25, -0.2) is 8.42 Å². The first-order valence-electron chi connectivity index (χ1n) is 7.83. The van der Waals surface area contributed by atoms with Crippen LogP contribution in [0.15, 0.2) is 29.2 Å². The number of carbonyl (C=O) groups excluding carboxylic acids is 1. The van der Waals surface area contributed by atoms with Crippen LogP contribution in [0.4, 0.5) is 0 Å². The number of amides is 1. The van der Waals surface area contributed by atoms with Crippen molar-refractivity contribution in [1.82, 2.24) is 9.62 Å². The summed E-state index contributed by atoms with van der Waals surface area (Å²) in [7, 11) is -0.747. The second-order valence-electron chi connectivity index (χ2n) is 5.84. The van der Waals surface area contributed by atoms with E-state index in [1.165, 1.54) is 32.7 Å². The lowest BCUT2D eigenvalue weighted by Gasteiger charge is -2.24. The van der Waals surface area contributed by atoms with Crippen LogP contribution in [0.5, 0.6) is 5.75 Å². The van der Waals surface area contributed by atoms with Gasteiger partial charge in [-0.3, -0.25) is 4.79 Å². The summed E-state index contributed by atoms with van der Waals surface area (Å²) >= 11 is 0. The van der Waals surface area contributed by atoms with E-state index in [4.69, 9.17) is 4.74 Å². The van der Waals surface area contributed by atoms with Crippen molar-refractivity contribution in [3.63, 3.8) is 0 Å². The van der Waals surface area contributed by atoms with Gasteiger partial charge in [0.2, 0.25) is 15.9 Å². The molecule has 7 heteroatoms. The number of hydrogen-bond acceptors (Lipinski definition) is 4. The maximum Gasteiger partial charge on any atom is 0.243 e. The first kappa shape index (κ1) is 17.7. The first-order valence-corrected chi connectivity index (χ1v) is 9.27. The Balaban J connectivity index is 1.96. The van der Waals surface area contributed by atoms with Crippen molar-refractivity contribution in [1.29, 1.82) is 0 Å². The van der Waals surface area contributed by atoms with Gasteiger partial charge in [0, 0.05) is 13.1 Å². The van der Waals surface area contributed by atoms with E-state index >= 15 is 0 Å². The van der Waals surface area contributed by atoms with Crippen LogP contribution >= 0.6 is 0 Å². The molecule has 0 saturated heterocycles. The number of carbonyl (C=O) groups is 1. The van der Waals surface area contributed by atoms with E-state index in [-0.39, 0.29) is 23.4 Å². The van der Waals surface area contributed by atoms with Crippen LogP contribution in [-0.4, -0.2) is 45.4 Å². The van der Waals surface area contributed by atoms with Gasteiger partial charge in [0.25, 0.3) is 0 Å². The molecule has 0 radical (unpaired) electrons. The van der Waals surface area contributed by atoms with Crippen LogP contribution in [0.1, 0.15) is 32.1 Å². The van der Waals surface area contributed by atoms with Crippen LogP contribution in [0.25, 0.3) is 0 Å². The number of benzene rings is 1. The summed E-state index contributed by atoms with van der Waals surface area (Å²) < 4.78 is 31.0. The molecule has 0 atom stereocenters. The average Bonchev–Trinajstić information content (AvgIpc) is 2.55. The monoisotopic (exact) mass is 340 g/mol. The summed E-state index contributed by atoms with van der Waals surface area (Å²) in [4.78, 5) is 12.2. The topological polar surface area (TPSA) is 75.7 Å². The summed E-state index contributed by atoms with van der Waals surface area (Å²) in [6.07, 6.45) is 5.38. The summed E-state index contributed by atoms with van der Waals surface area (Å²) in [6, 6.07) is 6.30. The van der Waals surface area contributed by atoms with Crippen LogP contribution in [-0.2, 0) is 14.8 Å². The zero-order valence-electron chi connectivity index (χ0n) is 13.6. The minimum Gasteiger partial charge on any atom is -0.497 e. The maximum atomic E-state index is 12.5. The molecular formula is C16H24N2O4S. The first-order chi connectivity index (χ1) is 10.9. The molecule has 0 spiro atoms. The van der Waals surface area contributed by atoms with Crippen LogP contribution in [0.2, 0.25) is 0 Å². The number of nitrogens with one attached hydrogen (secondary N) is 1. The van der Waals surface area contributed by atoms with Crippen molar-refractivity contribution < 1.29 is 17.9 Å². The van der Waals surface area contributed by atoms with E-state index in [9.17, 15) is 13.2 Å². The largest absolute Gasteiger partial charge is 0.497 e. The van der Waals surface area contributed by atoms with Gasteiger partial charge in [0.15, 0.2) is 0 Å². The highest BCUT2D eigenvalue weighted by Crippen LogP contribution is 2.19. The summed E-state index contributed by atoms with van der Waals surface area (Å²) in [6.45, 7) is -0.176. The minimum atomic E-state index is -3.68. The number of nitrogens with zero attached hydrogens (tertiary/aromatic N) is 1. The molecule has 0 aromatic heterocycles. The lowest BCUT2D eigenvalue weighted by molar-refractivity contribution is -0.122. The fraction of sp³-hybridized carbons (Fsp3) is 0.562. The Morgan fingerprint density at radius 3 is 2.39 bits per heavy atom. The smallest absolute Gasteiger partial charge is 0.243 e. The molecule has 1 saturated carbocycles. The van der Waals surface area contributed by atoms with Crippen LogP contribution in [0, 0.1) is 0 Å².